The number of phenols is 2. The lowest BCUT2D eigenvalue weighted by Gasteiger charge is -2.15. The first kappa shape index (κ1) is 12.8. The molecule has 0 aliphatic carbocycles. The Morgan fingerprint density at radius 1 is 1.11 bits per heavy atom. The van der Waals surface area contributed by atoms with Gasteiger partial charge in [0.2, 0.25) is 0 Å². The van der Waals surface area contributed by atoms with Gasteiger partial charge in [-0.1, -0.05) is 24.3 Å². The van der Waals surface area contributed by atoms with Gasteiger partial charge in [0.05, 0.1) is 6.07 Å². The standard InChI is InChI=1S/C15H14N2O2/c1-10-4-2-3-5-12(10)17-13(9-16)11-6-7-14(18)15(19)8-11/h2-8,13,17-19H,1H3. The molecule has 0 saturated heterocycles. The van der Waals surface area contributed by atoms with Crippen molar-refractivity contribution in [2.45, 2.75) is 13.0 Å². The van der Waals surface area contributed by atoms with E-state index in [0.29, 0.717) is 5.56 Å². The number of benzene rings is 2. The van der Waals surface area contributed by atoms with E-state index in [0.717, 1.165) is 11.3 Å². The van der Waals surface area contributed by atoms with Gasteiger partial charge in [-0.05, 0) is 36.2 Å². The monoisotopic (exact) mass is 254 g/mol. The maximum Gasteiger partial charge on any atom is 0.157 e. The lowest BCUT2D eigenvalue weighted by atomic mass is 10.1. The van der Waals surface area contributed by atoms with E-state index in [1.54, 1.807) is 6.07 Å². The molecule has 1 unspecified atom stereocenters. The van der Waals surface area contributed by atoms with E-state index in [2.05, 4.69) is 11.4 Å². The summed E-state index contributed by atoms with van der Waals surface area (Å²) in [4.78, 5) is 0. The van der Waals surface area contributed by atoms with Crippen molar-refractivity contribution in [1.82, 2.24) is 0 Å². The fraction of sp³-hybridized carbons (Fsp3) is 0.133. The Kier molecular flexibility index (Phi) is 3.58. The Balaban J connectivity index is 2.28. The minimum absolute atomic E-state index is 0.198. The first-order chi connectivity index (χ1) is 9.11. The number of nitrogens with one attached hydrogen (secondary N) is 1. The van der Waals surface area contributed by atoms with Crippen molar-refractivity contribution in [2.75, 3.05) is 5.32 Å². The van der Waals surface area contributed by atoms with Crippen LogP contribution in [0.5, 0.6) is 11.5 Å². The minimum Gasteiger partial charge on any atom is -0.504 e. The van der Waals surface area contributed by atoms with Gasteiger partial charge < -0.3 is 15.5 Å². The highest BCUT2D eigenvalue weighted by Crippen LogP contribution is 2.29. The van der Waals surface area contributed by atoms with E-state index in [4.69, 9.17) is 0 Å². The summed E-state index contributed by atoms with van der Waals surface area (Å²) in [5.74, 6) is -0.430. The fourth-order valence-electron chi connectivity index (χ4n) is 1.80. The summed E-state index contributed by atoms with van der Waals surface area (Å²) in [5.41, 5.74) is 2.49. The second-order valence-corrected chi connectivity index (χ2v) is 4.27. The van der Waals surface area contributed by atoms with Gasteiger partial charge in [-0.15, -0.1) is 0 Å². The summed E-state index contributed by atoms with van der Waals surface area (Å²) in [6, 6.07) is 13.6. The molecule has 2 aromatic rings. The Hall–Kier alpha value is -2.67. The van der Waals surface area contributed by atoms with Crippen LogP contribution in [0.2, 0.25) is 0 Å². The van der Waals surface area contributed by atoms with Crippen LogP contribution in [0.4, 0.5) is 5.69 Å². The molecule has 0 fully saturated rings. The number of rotatable bonds is 3. The number of anilines is 1. The molecule has 0 aliphatic heterocycles. The molecular weight excluding hydrogens is 240 g/mol. The largest absolute Gasteiger partial charge is 0.504 e. The molecule has 4 heteroatoms. The van der Waals surface area contributed by atoms with Crippen LogP contribution in [-0.4, -0.2) is 10.2 Å². The van der Waals surface area contributed by atoms with Crippen LogP contribution in [0.15, 0.2) is 42.5 Å². The Morgan fingerprint density at radius 3 is 2.47 bits per heavy atom. The maximum absolute atomic E-state index is 9.48. The number of hydrogen-bond donors (Lipinski definition) is 3. The van der Waals surface area contributed by atoms with Gasteiger partial charge in [-0.3, -0.25) is 0 Å². The third-order valence-corrected chi connectivity index (χ3v) is 2.91. The molecule has 96 valence electrons. The first-order valence-electron chi connectivity index (χ1n) is 5.85. The number of nitrogens with zero attached hydrogens (tertiary/aromatic N) is 1. The SMILES string of the molecule is Cc1ccccc1NC(C#N)c1ccc(O)c(O)c1. The normalized spacial score (nSPS) is 11.6. The zero-order valence-electron chi connectivity index (χ0n) is 10.5. The van der Waals surface area contributed by atoms with Crippen LogP contribution in [0, 0.1) is 18.3 Å². The van der Waals surface area contributed by atoms with Gasteiger partial charge >= 0.3 is 0 Å². The molecule has 0 amide bonds. The van der Waals surface area contributed by atoms with Crippen molar-refractivity contribution < 1.29 is 10.2 Å². The Bertz CT molecular complexity index is 632. The van der Waals surface area contributed by atoms with Gasteiger partial charge in [-0.25, -0.2) is 0 Å². The summed E-state index contributed by atoms with van der Waals surface area (Å²) < 4.78 is 0. The van der Waals surface area contributed by atoms with Crippen LogP contribution in [0.25, 0.3) is 0 Å². The molecule has 3 N–H and O–H groups in total. The molecule has 0 bridgehead atoms. The smallest absolute Gasteiger partial charge is 0.157 e. The van der Waals surface area contributed by atoms with Crippen LogP contribution >= 0.6 is 0 Å². The molecule has 0 radical (unpaired) electrons. The average molecular weight is 254 g/mol. The number of aryl methyl sites for hydroxylation is 1. The van der Waals surface area contributed by atoms with E-state index in [1.807, 2.05) is 31.2 Å². The predicted octanol–water partition coefficient (Wildman–Crippen LogP) is 3.08. The Labute approximate surface area is 111 Å². The molecule has 0 saturated carbocycles. The number of aromatic hydroxyl groups is 2. The molecule has 0 spiro atoms. The van der Waals surface area contributed by atoms with E-state index in [-0.39, 0.29) is 11.5 Å². The van der Waals surface area contributed by atoms with Crippen molar-refractivity contribution in [3.63, 3.8) is 0 Å². The molecule has 0 aliphatic rings. The zero-order chi connectivity index (χ0) is 13.8. The molecule has 2 aromatic carbocycles. The molecular formula is C15H14N2O2. The summed E-state index contributed by atoms with van der Waals surface area (Å²) >= 11 is 0. The van der Waals surface area contributed by atoms with Gasteiger partial charge in [0.15, 0.2) is 11.5 Å². The highest BCUT2D eigenvalue weighted by Gasteiger charge is 2.13. The third kappa shape index (κ3) is 2.78. The summed E-state index contributed by atoms with van der Waals surface area (Å²) in [5, 5.41) is 31.1. The van der Waals surface area contributed by atoms with Crippen molar-refractivity contribution >= 4 is 5.69 Å². The van der Waals surface area contributed by atoms with Gasteiger partial charge in [-0.2, -0.15) is 5.26 Å². The maximum atomic E-state index is 9.48. The first-order valence-corrected chi connectivity index (χ1v) is 5.85. The lowest BCUT2D eigenvalue weighted by molar-refractivity contribution is 0.403. The highest BCUT2D eigenvalue weighted by molar-refractivity contribution is 5.54. The number of para-hydroxylation sites is 1. The number of nitriles is 1. The van der Waals surface area contributed by atoms with Crippen LogP contribution < -0.4 is 5.32 Å². The molecule has 1 atom stereocenters. The summed E-state index contributed by atoms with van der Waals surface area (Å²) in [6.07, 6.45) is 0. The minimum atomic E-state index is -0.590. The quantitative estimate of drug-likeness (QED) is 0.736. The molecule has 4 nitrogen and oxygen atoms in total. The van der Waals surface area contributed by atoms with E-state index in [1.165, 1.54) is 12.1 Å². The van der Waals surface area contributed by atoms with Crippen LogP contribution in [0.1, 0.15) is 17.2 Å². The second kappa shape index (κ2) is 5.32. The van der Waals surface area contributed by atoms with Gasteiger partial charge in [0, 0.05) is 5.69 Å². The van der Waals surface area contributed by atoms with Crippen molar-refractivity contribution in [3.8, 4) is 17.6 Å². The summed E-state index contributed by atoms with van der Waals surface area (Å²) in [7, 11) is 0. The predicted molar refractivity (Wildman–Crippen MR) is 72.9 cm³/mol. The fourth-order valence-corrected chi connectivity index (χ4v) is 1.80. The van der Waals surface area contributed by atoms with Crippen molar-refractivity contribution in [2.24, 2.45) is 0 Å². The van der Waals surface area contributed by atoms with E-state index < -0.39 is 6.04 Å². The third-order valence-electron chi connectivity index (χ3n) is 2.91. The van der Waals surface area contributed by atoms with E-state index >= 15 is 0 Å². The molecule has 0 heterocycles. The lowest BCUT2D eigenvalue weighted by Crippen LogP contribution is -2.09. The zero-order valence-corrected chi connectivity index (χ0v) is 10.5. The molecule has 0 aromatic heterocycles. The van der Waals surface area contributed by atoms with Gasteiger partial charge in [0.1, 0.15) is 6.04 Å². The molecule has 19 heavy (non-hydrogen) atoms. The highest BCUT2D eigenvalue weighted by atomic mass is 16.3. The topological polar surface area (TPSA) is 76.3 Å². The second-order valence-electron chi connectivity index (χ2n) is 4.27. The van der Waals surface area contributed by atoms with Crippen LogP contribution in [0.3, 0.4) is 0 Å². The van der Waals surface area contributed by atoms with Crippen molar-refractivity contribution in [1.29, 1.82) is 5.26 Å². The Morgan fingerprint density at radius 2 is 1.84 bits per heavy atom. The van der Waals surface area contributed by atoms with Crippen LogP contribution in [-0.2, 0) is 0 Å². The van der Waals surface area contributed by atoms with Crippen molar-refractivity contribution in [3.05, 3.63) is 53.6 Å². The average Bonchev–Trinajstić information content (AvgIpc) is 2.41. The number of phenolic OH excluding ortho intramolecular Hbond substituents is 2. The van der Waals surface area contributed by atoms with Gasteiger partial charge in [0.25, 0.3) is 0 Å². The summed E-state index contributed by atoms with van der Waals surface area (Å²) in [6.45, 7) is 1.95. The van der Waals surface area contributed by atoms with E-state index in [9.17, 15) is 15.5 Å². The number of hydrogen-bond acceptors (Lipinski definition) is 4. The molecule has 2 rings (SSSR count).